The van der Waals surface area contributed by atoms with Gasteiger partial charge < -0.3 is 20.1 Å². The van der Waals surface area contributed by atoms with Gasteiger partial charge in [-0.2, -0.15) is 0 Å². The van der Waals surface area contributed by atoms with Crippen LogP contribution >= 0.6 is 7.82 Å². The number of hydrogen-bond donors (Lipinski definition) is 2. The number of carbonyl (C=O) groups excluding carboxylic acids is 1. The third kappa shape index (κ3) is 37.0. The maximum Gasteiger partial charge on any atom is 0.472 e. The van der Waals surface area contributed by atoms with Gasteiger partial charge in [-0.05, 0) is 77.0 Å². The number of hydrogen-bond acceptors (Lipinski definition) is 7. The molecule has 0 aromatic carbocycles. The number of unbranched alkanes of at least 4 members (excludes halogenated alkanes) is 10. The Bertz CT molecular complexity index is 974. The quantitative estimate of drug-likeness (QED) is 0.0289. The van der Waals surface area contributed by atoms with E-state index in [-0.39, 0.29) is 38.8 Å². The molecule has 0 amide bonds. The standard InChI is InChI=1S/C40H70NO7P/c1-3-5-7-9-11-13-15-17-19-21-23-25-27-29-31-33-40(42)48-39(38-47-49(43,44)46-36-34-41)37-45-35-32-30-28-26-24-22-20-18-16-14-12-10-8-6-4-2/h5,7,10-13,16-19,23,25,39H,3-4,6,8-9,14-15,20-22,24,26-38,41H2,1-2H3,(H,43,44)/b7-5-,12-10-,13-11-,18-16-,19-17-,25-23-. The zero-order valence-corrected chi connectivity index (χ0v) is 31.8. The molecule has 8 nitrogen and oxygen atoms in total. The molecule has 0 heterocycles. The molecule has 0 spiro atoms. The number of nitrogens with two attached hydrogens (primary N) is 1. The Morgan fingerprint density at radius 1 is 0.633 bits per heavy atom. The third-order valence-corrected chi connectivity index (χ3v) is 8.34. The average molecular weight is 708 g/mol. The lowest BCUT2D eigenvalue weighted by Gasteiger charge is -2.20. The highest BCUT2D eigenvalue weighted by Crippen LogP contribution is 2.43. The molecule has 282 valence electrons. The van der Waals surface area contributed by atoms with Crippen molar-refractivity contribution in [1.82, 2.24) is 0 Å². The highest BCUT2D eigenvalue weighted by atomic mass is 31.2. The fourth-order valence-electron chi connectivity index (χ4n) is 4.59. The molecule has 0 rings (SSSR count). The molecule has 0 saturated carbocycles. The van der Waals surface area contributed by atoms with Crippen LogP contribution in [-0.4, -0.2) is 49.9 Å². The molecule has 49 heavy (non-hydrogen) atoms. The van der Waals surface area contributed by atoms with E-state index in [1.807, 2.05) is 0 Å². The summed E-state index contributed by atoms with van der Waals surface area (Å²) >= 11 is 0. The van der Waals surface area contributed by atoms with Gasteiger partial charge in [-0.1, -0.05) is 125 Å². The zero-order chi connectivity index (χ0) is 35.9. The van der Waals surface area contributed by atoms with Gasteiger partial charge in [-0.3, -0.25) is 13.8 Å². The Morgan fingerprint density at radius 3 is 1.71 bits per heavy atom. The van der Waals surface area contributed by atoms with Gasteiger partial charge in [0.25, 0.3) is 0 Å². The van der Waals surface area contributed by atoms with Crippen LogP contribution in [0.1, 0.15) is 136 Å². The maximum absolute atomic E-state index is 12.5. The summed E-state index contributed by atoms with van der Waals surface area (Å²) < 4.78 is 33.2. The van der Waals surface area contributed by atoms with Crippen molar-refractivity contribution in [2.75, 3.05) is 33.0 Å². The molecule has 0 bridgehead atoms. The van der Waals surface area contributed by atoms with Crippen molar-refractivity contribution < 1.29 is 32.8 Å². The number of phosphoric ester groups is 1. The first kappa shape index (κ1) is 46.9. The van der Waals surface area contributed by atoms with E-state index in [0.29, 0.717) is 13.0 Å². The topological polar surface area (TPSA) is 117 Å². The molecule has 2 atom stereocenters. The predicted molar refractivity (Wildman–Crippen MR) is 205 cm³/mol. The minimum atomic E-state index is -4.29. The summed E-state index contributed by atoms with van der Waals surface area (Å²) in [7, 11) is -4.29. The second-order valence-electron chi connectivity index (χ2n) is 12.1. The molecule has 0 radical (unpaired) electrons. The molecular formula is C40H70NO7P. The Balaban J connectivity index is 4.21. The van der Waals surface area contributed by atoms with Gasteiger partial charge in [-0.25, -0.2) is 4.57 Å². The normalized spacial score (nSPS) is 14.4. The number of carbonyl (C=O) groups is 1. The molecular weight excluding hydrogens is 637 g/mol. The van der Waals surface area contributed by atoms with Crippen LogP contribution in [0.4, 0.5) is 0 Å². The highest BCUT2D eigenvalue weighted by molar-refractivity contribution is 7.47. The summed E-state index contributed by atoms with van der Waals surface area (Å²) in [6.45, 7) is 4.65. The van der Waals surface area contributed by atoms with Crippen LogP contribution in [0.3, 0.4) is 0 Å². The van der Waals surface area contributed by atoms with E-state index in [1.165, 1.54) is 38.5 Å². The molecule has 9 heteroatoms. The van der Waals surface area contributed by atoms with Crippen LogP contribution in [0.5, 0.6) is 0 Å². The van der Waals surface area contributed by atoms with Crippen molar-refractivity contribution in [3.8, 4) is 0 Å². The zero-order valence-electron chi connectivity index (χ0n) is 30.9. The first-order chi connectivity index (χ1) is 23.9. The summed E-state index contributed by atoms with van der Waals surface area (Å²) in [6.07, 6.45) is 44.9. The first-order valence-electron chi connectivity index (χ1n) is 18.9. The minimum absolute atomic E-state index is 0.0878. The lowest BCUT2D eigenvalue weighted by molar-refractivity contribution is -0.154. The predicted octanol–water partition coefficient (Wildman–Crippen LogP) is 10.8. The smallest absolute Gasteiger partial charge is 0.457 e. The van der Waals surface area contributed by atoms with E-state index < -0.39 is 13.9 Å². The van der Waals surface area contributed by atoms with Gasteiger partial charge in [0.2, 0.25) is 0 Å². The lowest BCUT2D eigenvalue weighted by atomic mass is 10.1. The molecule has 0 aliphatic rings. The number of rotatable bonds is 35. The molecule has 0 aromatic rings. The van der Waals surface area contributed by atoms with Crippen LogP contribution in [0.25, 0.3) is 0 Å². The first-order valence-corrected chi connectivity index (χ1v) is 20.4. The average Bonchev–Trinajstić information content (AvgIpc) is 3.09. The third-order valence-electron chi connectivity index (χ3n) is 7.36. The SMILES string of the molecule is CC/C=C\C/C=C\C/C=C\C/C=C\CCCCC(=O)OC(COCCCCCCCC/C=C\C/C=C\CCCC)COP(=O)(O)OCCN. The van der Waals surface area contributed by atoms with E-state index in [4.69, 9.17) is 24.3 Å². The molecule has 0 aliphatic heterocycles. The summed E-state index contributed by atoms with van der Waals surface area (Å²) in [5.74, 6) is -0.378. The number of allylic oxidation sites excluding steroid dienone is 12. The van der Waals surface area contributed by atoms with Crippen molar-refractivity contribution in [3.63, 3.8) is 0 Å². The highest BCUT2D eigenvalue weighted by Gasteiger charge is 2.25. The van der Waals surface area contributed by atoms with Crippen LogP contribution < -0.4 is 5.73 Å². The Kier molecular flexibility index (Phi) is 35.6. The van der Waals surface area contributed by atoms with Gasteiger partial charge in [-0.15, -0.1) is 0 Å². The van der Waals surface area contributed by atoms with E-state index in [2.05, 4.69) is 86.8 Å². The van der Waals surface area contributed by atoms with Crippen molar-refractivity contribution in [2.24, 2.45) is 5.73 Å². The summed E-state index contributed by atoms with van der Waals surface area (Å²) in [4.78, 5) is 22.4. The minimum Gasteiger partial charge on any atom is -0.457 e. The van der Waals surface area contributed by atoms with Crippen LogP contribution in [-0.2, 0) is 27.9 Å². The Morgan fingerprint density at radius 2 is 1.14 bits per heavy atom. The number of ether oxygens (including phenoxy) is 2. The van der Waals surface area contributed by atoms with Crippen molar-refractivity contribution in [1.29, 1.82) is 0 Å². The van der Waals surface area contributed by atoms with E-state index in [9.17, 15) is 14.3 Å². The second-order valence-corrected chi connectivity index (χ2v) is 13.5. The summed E-state index contributed by atoms with van der Waals surface area (Å²) in [5, 5.41) is 0. The van der Waals surface area contributed by atoms with E-state index in [1.54, 1.807) is 0 Å². The summed E-state index contributed by atoms with van der Waals surface area (Å²) in [5.41, 5.74) is 5.35. The number of esters is 1. The molecule has 0 aromatic heterocycles. The fourth-order valence-corrected chi connectivity index (χ4v) is 5.35. The number of phosphoric acid groups is 1. The van der Waals surface area contributed by atoms with Gasteiger partial charge in [0.1, 0.15) is 6.10 Å². The summed E-state index contributed by atoms with van der Waals surface area (Å²) in [6, 6.07) is 0. The van der Waals surface area contributed by atoms with Gasteiger partial charge in [0, 0.05) is 19.6 Å². The van der Waals surface area contributed by atoms with E-state index >= 15 is 0 Å². The molecule has 2 unspecified atom stereocenters. The van der Waals surface area contributed by atoms with Gasteiger partial charge >= 0.3 is 13.8 Å². The Hall–Kier alpha value is -2.06. The molecule has 3 N–H and O–H groups in total. The van der Waals surface area contributed by atoms with Crippen LogP contribution in [0, 0.1) is 0 Å². The van der Waals surface area contributed by atoms with Crippen LogP contribution in [0.15, 0.2) is 72.9 Å². The Labute approximate surface area is 299 Å². The van der Waals surface area contributed by atoms with Gasteiger partial charge in [0.15, 0.2) is 0 Å². The largest absolute Gasteiger partial charge is 0.472 e. The lowest BCUT2D eigenvalue weighted by Crippen LogP contribution is -2.28. The fraction of sp³-hybridized carbons (Fsp3) is 0.675. The van der Waals surface area contributed by atoms with Crippen molar-refractivity contribution in [2.45, 2.75) is 142 Å². The van der Waals surface area contributed by atoms with Crippen molar-refractivity contribution >= 4 is 13.8 Å². The maximum atomic E-state index is 12.5. The van der Waals surface area contributed by atoms with Gasteiger partial charge in [0.05, 0.1) is 19.8 Å². The van der Waals surface area contributed by atoms with Crippen molar-refractivity contribution in [3.05, 3.63) is 72.9 Å². The second kappa shape index (κ2) is 37.2. The molecule has 0 fully saturated rings. The monoisotopic (exact) mass is 707 g/mol. The molecule has 0 saturated heterocycles. The molecule has 0 aliphatic carbocycles. The van der Waals surface area contributed by atoms with E-state index in [0.717, 1.165) is 70.6 Å². The van der Waals surface area contributed by atoms with Crippen LogP contribution in [0.2, 0.25) is 0 Å².